The number of nitrogens with zero attached hydrogens (tertiary/aromatic N) is 1. The zero-order valence-corrected chi connectivity index (χ0v) is 9.94. The Kier molecular flexibility index (Phi) is 7.85. The smallest absolute Gasteiger partial charge is 0.225 e. The lowest BCUT2D eigenvalue weighted by molar-refractivity contribution is -0.470. The quantitative estimate of drug-likeness (QED) is 0.210. The lowest BCUT2D eigenvalue weighted by Gasteiger charge is -2.02. The van der Waals surface area contributed by atoms with Crippen molar-refractivity contribution < 1.29 is 9.66 Å². The van der Waals surface area contributed by atoms with E-state index < -0.39 is 0 Å². The van der Waals surface area contributed by atoms with Gasteiger partial charge in [0.15, 0.2) is 0 Å². The number of hydrogen-bond acceptors (Lipinski definition) is 3. The molecule has 0 radical (unpaired) electrons. The first-order valence-electron chi connectivity index (χ1n) is 5.33. The molecule has 0 atom stereocenters. The molecule has 0 saturated carbocycles. The van der Waals surface area contributed by atoms with Gasteiger partial charge < -0.3 is 4.74 Å². The summed E-state index contributed by atoms with van der Waals surface area (Å²) in [6.45, 7) is 8.05. The van der Waals surface area contributed by atoms with Gasteiger partial charge in [-0.3, -0.25) is 10.1 Å². The average molecular weight is 225 g/mol. The van der Waals surface area contributed by atoms with Crippen molar-refractivity contribution in [3.05, 3.63) is 46.3 Å². The molecule has 0 heterocycles. The Bertz CT molecular complexity index is 293. The third-order valence-electron chi connectivity index (χ3n) is 1.83. The summed E-state index contributed by atoms with van der Waals surface area (Å²) in [6.07, 6.45) is 7.20. The number of rotatable bonds is 8. The van der Waals surface area contributed by atoms with Gasteiger partial charge in [0, 0.05) is 4.92 Å². The van der Waals surface area contributed by atoms with Gasteiger partial charge >= 0.3 is 0 Å². The Morgan fingerprint density at radius 2 is 2.25 bits per heavy atom. The Labute approximate surface area is 96.5 Å². The minimum atomic E-state index is -0.355. The lowest BCUT2D eigenvalue weighted by atomic mass is 10.2. The Morgan fingerprint density at radius 1 is 1.56 bits per heavy atom. The predicted octanol–water partition coefficient (Wildman–Crippen LogP) is 3.10. The zero-order chi connectivity index (χ0) is 12.4. The maximum absolute atomic E-state index is 10.2. The molecule has 0 spiro atoms. The van der Waals surface area contributed by atoms with E-state index in [9.17, 15) is 10.1 Å². The van der Waals surface area contributed by atoms with Gasteiger partial charge in [-0.15, -0.1) is 0 Å². The van der Waals surface area contributed by atoms with E-state index in [0.29, 0.717) is 17.9 Å². The molecular weight excluding hydrogens is 206 g/mol. The van der Waals surface area contributed by atoms with Gasteiger partial charge in [0.05, 0.1) is 6.61 Å². The van der Waals surface area contributed by atoms with E-state index in [4.69, 9.17) is 4.74 Å². The van der Waals surface area contributed by atoms with E-state index in [0.717, 1.165) is 12.8 Å². The molecule has 0 fully saturated rings. The van der Waals surface area contributed by atoms with Crippen molar-refractivity contribution in [3.8, 4) is 0 Å². The highest BCUT2D eigenvalue weighted by atomic mass is 16.6. The molecule has 0 aliphatic heterocycles. The van der Waals surface area contributed by atoms with Crippen molar-refractivity contribution in [1.82, 2.24) is 0 Å². The zero-order valence-electron chi connectivity index (χ0n) is 9.94. The SMILES string of the molecule is C=C(/C=C\C=C(\C)C[N+](=O)[O-])OCCCC. The molecule has 0 saturated heterocycles. The van der Waals surface area contributed by atoms with Gasteiger partial charge in [-0.2, -0.15) is 0 Å². The molecule has 0 aliphatic carbocycles. The van der Waals surface area contributed by atoms with E-state index in [2.05, 4.69) is 13.5 Å². The van der Waals surface area contributed by atoms with E-state index in [1.807, 2.05) is 0 Å². The summed E-state index contributed by atoms with van der Waals surface area (Å²) >= 11 is 0. The van der Waals surface area contributed by atoms with Crippen LogP contribution in [0.4, 0.5) is 0 Å². The second-order valence-corrected chi connectivity index (χ2v) is 3.53. The molecule has 4 heteroatoms. The molecule has 0 aromatic carbocycles. The molecule has 0 rings (SSSR count). The van der Waals surface area contributed by atoms with Crippen LogP contribution in [0.2, 0.25) is 0 Å². The van der Waals surface area contributed by atoms with Crippen molar-refractivity contribution in [1.29, 1.82) is 0 Å². The van der Waals surface area contributed by atoms with Crippen LogP contribution in [0.15, 0.2) is 36.1 Å². The molecule has 0 amide bonds. The average Bonchev–Trinajstić information content (AvgIpc) is 2.17. The van der Waals surface area contributed by atoms with Crippen LogP contribution in [0.1, 0.15) is 26.7 Å². The van der Waals surface area contributed by atoms with Crippen LogP contribution in [0.3, 0.4) is 0 Å². The van der Waals surface area contributed by atoms with Gasteiger partial charge in [0.2, 0.25) is 6.54 Å². The number of nitro groups is 1. The molecule has 0 bridgehead atoms. The Balaban J connectivity index is 3.89. The van der Waals surface area contributed by atoms with Crippen LogP contribution in [0.5, 0.6) is 0 Å². The fourth-order valence-corrected chi connectivity index (χ4v) is 0.972. The minimum absolute atomic E-state index is 0.131. The summed E-state index contributed by atoms with van der Waals surface area (Å²) in [7, 11) is 0. The van der Waals surface area contributed by atoms with Crippen LogP contribution in [0, 0.1) is 10.1 Å². The highest BCUT2D eigenvalue weighted by Gasteiger charge is 1.96. The van der Waals surface area contributed by atoms with E-state index in [1.54, 1.807) is 25.2 Å². The van der Waals surface area contributed by atoms with Crippen LogP contribution < -0.4 is 0 Å². The van der Waals surface area contributed by atoms with E-state index in [-0.39, 0.29) is 11.5 Å². The molecule has 0 aromatic heterocycles. The first kappa shape index (κ1) is 14.4. The van der Waals surface area contributed by atoms with Crippen LogP contribution in [-0.2, 0) is 4.74 Å². The fourth-order valence-electron chi connectivity index (χ4n) is 0.972. The maximum atomic E-state index is 10.2. The summed E-state index contributed by atoms with van der Waals surface area (Å²) < 4.78 is 5.30. The maximum Gasteiger partial charge on any atom is 0.225 e. The minimum Gasteiger partial charge on any atom is -0.494 e. The summed E-state index contributed by atoms with van der Waals surface area (Å²) in [5.41, 5.74) is 0.697. The summed E-state index contributed by atoms with van der Waals surface area (Å²) in [5.74, 6) is 0.582. The number of ether oxygens (including phenoxy) is 1. The molecule has 16 heavy (non-hydrogen) atoms. The fraction of sp³-hybridized carbons (Fsp3) is 0.500. The van der Waals surface area contributed by atoms with Crippen LogP contribution >= 0.6 is 0 Å². The van der Waals surface area contributed by atoms with Crippen LogP contribution in [-0.4, -0.2) is 18.1 Å². The van der Waals surface area contributed by atoms with Crippen molar-refractivity contribution in [2.45, 2.75) is 26.7 Å². The molecule has 0 aliphatic rings. The van der Waals surface area contributed by atoms with Gasteiger partial charge in [0.25, 0.3) is 0 Å². The number of allylic oxidation sites excluding steroid dienone is 3. The van der Waals surface area contributed by atoms with Gasteiger partial charge in [-0.25, -0.2) is 0 Å². The molecular formula is C12H19NO3. The summed E-state index contributed by atoms with van der Waals surface area (Å²) in [6, 6.07) is 0. The summed E-state index contributed by atoms with van der Waals surface area (Å²) in [5, 5.41) is 10.2. The van der Waals surface area contributed by atoms with Gasteiger partial charge in [-0.05, 0) is 25.0 Å². The largest absolute Gasteiger partial charge is 0.494 e. The Hall–Kier alpha value is -1.58. The highest BCUT2D eigenvalue weighted by molar-refractivity contribution is 5.17. The molecule has 4 nitrogen and oxygen atoms in total. The molecule has 0 unspecified atom stereocenters. The van der Waals surface area contributed by atoms with Crippen molar-refractivity contribution in [2.75, 3.05) is 13.2 Å². The lowest BCUT2D eigenvalue weighted by Crippen LogP contribution is -2.00. The molecule has 0 aromatic rings. The van der Waals surface area contributed by atoms with Crippen LogP contribution in [0.25, 0.3) is 0 Å². The molecule has 90 valence electrons. The van der Waals surface area contributed by atoms with Gasteiger partial charge in [-0.1, -0.05) is 32.1 Å². The third kappa shape index (κ3) is 8.99. The standard InChI is InChI=1S/C12H19NO3/c1-4-5-9-16-12(3)8-6-7-11(2)10-13(14)15/h6-8H,3-5,9-10H2,1-2H3/b8-6-,11-7-. The number of hydrogen-bond donors (Lipinski definition) is 0. The molecule has 0 N–H and O–H groups in total. The predicted molar refractivity (Wildman–Crippen MR) is 64.8 cm³/mol. The highest BCUT2D eigenvalue weighted by Crippen LogP contribution is 2.00. The van der Waals surface area contributed by atoms with Crippen molar-refractivity contribution in [3.63, 3.8) is 0 Å². The monoisotopic (exact) mass is 225 g/mol. The second-order valence-electron chi connectivity index (χ2n) is 3.53. The first-order valence-corrected chi connectivity index (χ1v) is 5.33. The normalized spacial score (nSPS) is 11.8. The van der Waals surface area contributed by atoms with E-state index in [1.165, 1.54) is 0 Å². The third-order valence-corrected chi connectivity index (χ3v) is 1.83. The summed E-state index contributed by atoms with van der Waals surface area (Å²) in [4.78, 5) is 9.82. The van der Waals surface area contributed by atoms with E-state index >= 15 is 0 Å². The van der Waals surface area contributed by atoms with Gasteiger partial charge in [0.1, 0.15) is 5.76 Å². The topological polar surface area (TPSA) is 52.4 Å². The van der Waals surface area contributed by atoms with Crippen molar-refractivity contribution in [2.24, 2.45) is 0 Å². The number of unbranched alkanes of at least 4 members (excludes halogenated alkanes) is 1. The second kappa shape index (κ2) is 8.71. The van der Waals surface area contributed by atoms with Crippen molar-refractivity contribution >= 4 is 0 Å². The first-order chi connectivity index (χ1) is 7.56. The Morgan fingerprint density at radius 3 is 2.81 bits per heavy atom.